The average Bonchev–Trinajstić information content (AvgIpc) is 2.98. The molecule has 0 bridgehead atoms. The molecule has 0 radical (unpaired) electrons. The van der Waals surface area contributed by atoms with Crippen molar-refractivity contribution in [3.05, 3.63) is 64.9 Å². The molecule has 128 valence electrons. The third-order valence-electron chi connectivity index (χ3n) is 3.48. The van der Waals surface area contributed by atoms with E-state index in [9.17, 15) is 4.79 Å². The Balaban J connectivity index is 1.68. The maximum absolute atomic E-state index is 12.3. The Hall–Kier alpha value is -2.67. The topological polar surface area (TPSA) is 69.0 Å². The number of hydrogen-bond donors (Lipinski definition) is 1. The summed E-state index contributed by atoms with van der Waals surface area (Å²) < 4.78 is 8.04. The molecule has 1 amide bonds. The second-order valence-electron chi connectivity index (χ2n) is 5.53. The Labute approximate surface area is 154 Å². The summed E-state index contributed by atoms with van der Waals surface area (Å²) in [5, 5.41) is 7.10. The van der Waals surface area contributed by atoms with E-state index in [0.717, 1.165) is 11.3 Å². The van der Waals surface area contributed by atoms with E-state index in [1.165, 1.54) is 0 Å². The molecular formula is C18H17BrN4O2. The minimum atomic E-state index is -0.724. The van der Waals surface area contributed by atoms with Crippen LogP contribution >= 0.6 is 15.9 Å². The van der Waals surface area contributed by atoms with Gasteiger partial charge in [-0.15, -0.1) is 5.10 Å². The molecule has 3 rings (SSSR count). The van der Waals surface area contributed by atoms with Crippen LogP contribution in [0.5, 0.6) is 5.88 Å². The number of hydrogen-bond acceptors (Lipinski definition) is 4. The van der Waals surface area contributed by atoms with Crippen LogP contribution in [0.4, 0.5) is 5.82 Å². The lowest BCUT2D eigenvalue weighted by Gasteiger charge is -2.13. The van der Waals surface area contributed by atoms with Gasteiger partial charge in [-0.3, -0.25) is 4.79 Å². The highest BCUT2D eigenvalue weighted by Gasteiger charge is 2.19. The fraction of sp³-hybridized carbons (Fsp3) is 0.167. The standard InChI is InChI=1S/C18H17BrN4O2/c1-12-8-9-16(20-10-12)21-17(24)13(2)25-18-15(19)11-23(22-18)14-6-4-3-5-7-14/h3-11,13H,1-2H3,(H,20,21,24). The zero-order chi connectivity index (χ0) is 17.8. The third-order valence-corrected chi connectivity index (χ3v) is 4.02. The number of para-hydroxylation sites is 1. The van der Waals surface area contributed by atoms with E-state index >= 15 is 0 Å². The molecule has 2 aromatic heterocycles. The van der Waals surface area contributed by atoms with Gasteiger partial charge in [-0.25, -0.2) is 9.67 Å². The maximum atomic E-state index is 12.3. The van der Waals surface area contributed by atoms with Crippen molar-refractivity contribution in [2.45, 2.75) is 20.0 Å². The smallest absolute Gasteiger partial charge is 0.266 e. The minimum Gasteiger partial charge on any atom is -0.463 e. The van der Waals surface area contributed by atoms with E-state index < -0.39 is 6.10 Å². The van der Waals surface area contributed by atoms with Gasteiger partial charge in [0.15, 0.2) is 6.10 Å². The fourth-order valence-corrected chi connectivity index (χ4v) is 2.49. The summed E-state index contributed by atoms with van der Waals surface area (Å²) in [6.07, 6.45) is 2.76. The number of carbonyl (C=O) groups excluding carboxylic acids is 1. The van der Waals surface area contributed by atoms with Crippen molar-refractivity contribution in [2.24, 2.45) is 0 Å². The fourth-order valence-electron chi connectivity index (χ4n) is 2.12. The van der Waals surface area contributed by atoms with Gasteiger partial charge in [-0.2, -0.15) is 0 Å². The van der Waals surface area contributed by atoms with Crippen molar-refractivity contribution in [3.63, 3.8) is 0 Å². The van der Waals surface area contributed by atoms with E-state index in [4.69, 9.17) is 4.74 Å². The van der Waals surface area contributed by atoms with Crippen LogP contribution in [0.25, 0.3) is 5.69 Å². The number of nitrogens with zero attached hydrogens (tertiary/aromatic N) is 3. The van der Waals surface area contributed by atoms with Crippen molar-refractivity contribution in [1.82, 2.24) is 14.8 Å². The molecule has 0 fully saturated rings. The lowest BCUT2D eigenvalue weighted by Crippen LogP contribution is -2.30. The molecule has 2 heterocycles. The Morgan fingerprint density at radius 1 is 1.24 bits per heavy atom. The first-order valence-electron chi connectivity index (χ1n) is 7.73. The highest BCUT2D eigenvalue weighted by molar-refractivity contribution is 9.10. The molecule has 0 spiro atoms. The van der Waals surface area contributed by atoms with Crippen molar-refractivity contribution in [3.8, 4) is 11.6 Å². The van der Waals surface area contributed by atoms with Crippen LogP contribution in [-0.4, -0.2) is 26.8 Å². The van der Waals surface area contributed by atoms with Gasteiger partial charge < -0.3 is 10.1 Å². The number of rotatable bonds is 5. The summed E-state index contributed by atoms with van der Waals surface area (Å²) in [5.41, 5.74) is 1.93. The molecule has 0 saturated carbocycles. The Morgan fingerprint density at radius 3 is 2.68 bits per heavy atom. The normalized spacial score (nSPS) is 11.8. The first-order chi connectivity index (χ1) is 12.0. The summed E-state index contributed by atoms with van der Waals surface area (Å²) in [6.45, 7) is 3.60. The Bertz CT molecular complexity index is 863. The zero-order valence-corrected chi connectivity index (χ0v) is 15.4. The minimum absolute atomic E-state index is 0.294. The van der Waals surface area contributed by atoms with Crippen LogP contribution < -0.4 is 10.1 Å². The van der Waals surface area contributed by atoms with Gasteiger partial charge in [0, 0.05) is 12.4 Å². The van der Waals surface area contributed by atoms with Crippen LogP contribution in [0.2, 0.25) is 0 Å². The predicted octanol–water partition coefficient (Wildman–Crippen LogP) is 3.74. The molecule has 1 unspecified atom stereocenters. The number of benzene rings is 1. The van der Waals surface area contributed by atoms with E-state index in [2.05, 4.69) is 31.3 Å². The molecule has 1 atom stereocenters. The number of aromatic nitrogens is 3. The molecule has 3 aromatic rings. The first-order valence-corrected chi connectivity index (χ1v) is 8.53. The van der Waals surface area contributed by atoms with Crippen molar-refractivity contribution in [1.29, 1.82) is 0 Å². The highest BCUT2D eigenvalue weighted by atomic mass is 79.9. The molecule has 0 aliphatic heterocycles. The van der Waals surface area contributed by atoms with E-state index in [1.54, 1.807) is 30.1 Å². The number of anilines is 1. The van der Waals surface area contributed by atoms with Crippen LogP contribution in [0.3, 0.4) is 0 Å². The molecule has 25 heavy (non-hydrogen) atoms. The molecule has 0 aliphatic carbocycles. The number of halogens is 1. The summed E-state index contributed by atoms with van der Waals surface area (Å²) in [5.74, 6) is 0.542. The quantitative estimate of drug-likeness (QED) is 0.707. The zero-order valence-electron chi connectivity index (χ0n) is 13.8. The van der Waals surface area contributed by atoms with Gasteiger partial charge >= 0.3 is 0 Å². The van der Waals surface area contributed by atoms with Crippen molar-refractivity contribution in [2.75, 3.05) is 5.32 Å². The van der Waals surface area contributed by atoms with Crippen molar-refractivity contribution >= 4 is 27.7 Å². The van der Waals surface area contributed by atoms with Crippen LogP contribution in [-0.2, 0) is 4.79 Å². The summed E-state index contributed by atoms with van der Waals surface area (Å²) >= 11 is 3.41. The number of nitrogens with one attached hydrogen (secondary N) is 1. The monoisotopic (exact) mass is 400 g/mol. The van der Waals surface area contributed by atoms with Crippen LogP contribution in [0, 0.1) is 6.92 Å². The number of ether oxygens (including phenoxy) is 1. The molecule has 6 nitrogen and oxygen atoms in total. The van der Waals surface area contributed by atoms with E-state index in [1.807, 2.05) is 43.3 Å². The number of amides is 1. The molecule has 0 saturated heterocycles. The molecule has 7 heteroatoms. The largest absolute Gasteiger partial charge is 0.463 e. The third kappa shape index (κ3) is 4.24. The average molecular weight is 401 g/mol. The molecule has 1 aromatic carbocycles. The number of carbonyl (C=O) groups is 1. The van der Waals surface area contributed by atoms with Gasteiger partial charge in [-0.05, 0) is 53.5 Å². The second kappa shape index (κ2) is 7.48. The summed E-state index contributed by atoms with van der Waals surface area (Å²) in [4.78, 5) is 16.4. The SMILES string of the molecule is Cc1ccc(NC(=O)C(C)Oc2nn(-c3ccccc3)cc2Br)nc1. The highest BCUT2D eigenvalue weighted by Crippen LogP contribution is 2.25. The van der Waals surface area contributed by atoms with Gasteiger partial charge in [0.1, 0.15) is 5.82 Å². The lowest BCUT2D eigenvalue weighted by atomic mass is 10.3. The number of pyridine rings is 1. The van der Waals surface area contributed by atoms with Gasteiger partial charge in [0.25, 0.3) is 5.91 Å². The lowest BCUT2D eigenvalue weighted by molar-refractivity contribution is -0.122. The van der Waals surface area contributed by atoms with Crippen LogP contribution in [0.1, 0.15) is 12.5 Å². The van der Waals surface area contributed by atoms with E-state index in [-0.39, 0.29) is 5.91 Å². The summed E-state index contributed by atoms with van der Waals surface area (Å²) in [7, 11) is 0. The summed E-state index contributed by atoms with van der Waals surface area (Å²) in [6, 6.07) is 13.3. The van der Waals surface area contributed by atoms with Gasteiger partial charge in [0.05, 0.1) is 10.2 Å². The molecular weight excluding hydrogens is 384 g/mol. The van der Waals surface area contributed by atoms with Gasteiger partial charge in [0.2, 0.25) is 5.88 Å². The number of aryl methyl sites for hydroxylation is 1. The maximum Gasteiger partial charge on any atom is 0.266 e. The van der Waals surface area contributed by atoms with Gasteiger partial charge in [-0.1, -0.05) is 24.3 Å². The Kier molecular flexibility index (Phi) is 5.14. The van der Waals surface area contributed by atoms with Crippen LogP contribution in [0.15, 0.2) is 59.3 Å². The predicted molar refractivity (Wildman–Crippen MR) is 99.0 cm³/mol. The van der Waals surface area contributed by atoms with Crippen molar-refractivity contribution < 1.29 is 9.53 Å². The second-order valence-corrected chi connectivity index (χ2v) is 6.39. The first kappa shape index (κ1) is 17.2. The molecule has 1 N–H and O–H groups in total. The molecule has 0 aliphatic rings. The van der Waals surface area contributed by atoms with E-state index in [0.29, 0.717) is 16.2 Å². The Morgan fingerprint density at radius 2 is 2.00 bits per heavy atom.